The van der Waals surface area contributed by atoms with Crippen molar-refractivity contribution in [1.82, 2.24) is 20.2 Å². The number of likely N-dealkylation sites (N-methyl/N-ethyl adjacent to an activating group) is 1. The number of halogens is 1. The highest BCUT2D eigenvalue weighted by Gasteiger charge is 2.12. The van der Waals surface area contributed by atoms with Gasteiger partial charge in [0.2, 0.25) is 0 Å². The molecule has 2 rings (SSSR count). The van der Waals surface area contributed by atoms with Gasteiger partial charge < -0.3 is 20.3 Å². The Balaban J connectivity index is 2.13. The zero-order chi connectivity index (χ0) is 19.1. The summed E-state index contributed by atoms with van der Waals surface area (Å²) in [4.78, 5) is 33.8. The van der Waals surface area contributed by atoms with Gasteiger partial charge in [-0.2, -0.15) is 0 Å². The van der Waals surface area contributed by atoms with Crippen LogP contribution in [-0.4, -0.2) is 61.0 Å². The molecule has 2 aromatic rings. The summed E-state index contributed by atoms with van der Waals surface area (Å²) in [5.74, 6) is -0.401. The van der Waals surface area contributed by atoms with Gasteiger partial charge in [-0.25, -0.2) is 14.8 Å². The first-order chi connectivity index (χ1) is 12.4. The number of nitrogens with zero attached hydrogens (tertiary/aromatic N) is 3. The van der Waals surface area contributed by atoms with Crippen LogP contribution < -0.4 is 10.6 Å². The number of hydrogen-bond acceptors (Lipinski definition) is 7. The average molecular weight is 378 g/mol. The fraction of sp³-hybridized carbons (Fsp3) is 0.294. The molecule has 0 aliphatic rings. The first-order valence-electron chi connectivity index (χ1n) is 7.80. The highest BCUT2D eigenvalue weighted by Crippen LogP contribution is 2.26. The Morgan fingerprint density at radius 3 is 2.69 bits per heavy atom. The van der Waals surface area contributed by atoms with Gasteiger partial charge in [-0.3, -0.25) is 4.79 Å². The van der Waals surface area contributed by atoms with Crippen LogP contribution in [0.4, 0.5) is 11.5 Å². The molecule has 0 saturated heterocycles. The second kappa shape index (κ2) is 9.12. The van der Waals surface area contributed by atoms with Gasteiger partial charge in [-0.1, -0.05) is 11.6 Å². The van der Waals surface area contributed by atoms with Crippen molar-refractivity contribution in [2.45, 2.75) is 0 Å². The molecule has 8 nitrogen and oxygen atoms in total. The third kappa shape index (κ3) is 5.40. The molecule has 1 aromatic heterocycles. The van der Waals surface area contributed by atoms with Crippen molar-refractivity contribution >= 4 is 35.0 Å². The van der Waals surface area contributed by atoms with Crippen LogP contribution in [0.1, 0.15) is 20.8 Å². The van der Waals surface area contributed by atoms with E-state index in [9.17, 15) is 9.59 Å². The first-order valence-corrected chi connectivity index (χ1v) is 8.18. The summed E-state index contributed by atoms with van der Waals surface area (Å²) in [5, 5.41) is 6.16. The van der Waals surface area contributed by atoms with E-state index in [0.29, 0.717) is 28.6 Å². The second-order valence-corrected chi connectivity index (χ2v) is 6.07. The lowest BCUT2D eigenvalue weighted by atomic mass is 10.2. The van der Waals surface area contributed by atoms with Gasteiger partial charge in [0.15, 0.2) is 0 Å². The molecular formula is C17H20ClN5O3. The lowest BCUT2D eigenvalue weighted by molar-refractivity contribution is 0.0600. The van der Waals surface area contributed by atoms with Crippen molar-refractivity contribution in [3.63, 3.8) is 0 Å². The molecule has 0 saturated carbocycles. The number of hydrogen-bond donors (Lipinski definition) is 2. The number of esters is 1. The molecule has 1 heterocycles. The Morgan fingerprint density at radius 1 is 1.23 bits per heavy atom. The predicted molar refractivity (Wildman–Crippen MR) is 99.0 cm³/mol. The molecule has 0 radical (unpaired) electrons. The highest BCUT2D eigenvalue weighted by atomic mass is 35.5. The van der Waals surface area contributed by atoms with Crippen molar-refractivity contribution in [1.29, 1.82) is 0 Å². The maximum atomic E-state index is 12.1. The van der Waals surface area contributed by atoms with Crippen molar-refractivity contribution < 1.29 is 14.3 Å². The molecule has 1 amide bonds. The summed E-state index contributed by atoms with van der Waals surface area (Å²) in [5.41, 5.74) is 1.03. The maximum Gasteiger partial charge on any atom is 0.337 e. The Hall–Kier alpha value is -2.71. The Bertz CT molecular complexity index is 798. The monoisotopic (exact) mass is 377 g/mol. The van der Waals surface area contributed by atoms with E-state index >= 15 is 0 Å². The molecule has 0 bridgehead atoms. The van der Waals surface area contributed by atoms with Crippen LogP contribution in [0.25, 0.3) is 0 Å². The Labute approximate surface area is 156 Å². The maximum absolute atomic E-state index is 12.1. The average Bonchev–Trinajstić information content (AvgIpc) is 2.62. The highest BCUT2D eigenvalue weighted by molar-refractivity contribution is 6.33. The number of carbonyl (C=O) groups is 2. The Kier molecular flexibility index (Phi) is 6.88. The Morgan fingerprint density at radius 2 is 2.00 bits per heavy atom. The molecule has 2 N–H and O–H groups in total. The van der Waals surface area contributed by atoms with E-state index in [1.807, 2.05) is 19.0 Å². The predicted octanol–water partition coefficient (Wildman–Crippen LogP) is 1.95. The molecule has 9 heteroatoms. The molecule has 0 spiro atoms. The van der Waals surface area contributed by atoms with E-state index in [1.54, 1.807) is 18.2 Å². The minimum absolute atomic E-state index is 0.224. The van der Waals surface area contributed by atoms with E-state index in [2.05, 4.69) is 20.6 Å². The number of aromatic nitrogens is 2. The first kappa shape index (κ1) is 19.6. The van der Waals surface area contributed by atoms with E-state index in [-0.39, 0.29) is 11.6 Å². The van der Waals surface area contributed by atoms with Gasteiger partial charge in [0.1, 0.15) is 17.8 Å². The van der Waals surface area contributed by atoms with Crippen LogP contribution in [0.15, 0.2) is 30.6 Å². The number of benzene rings is 1. The summed E-state index contributed by atoms with van der Waals surface area (Å²) < 4.78 is 4.69. The van der Waals surface area contributed by atoms with Gasteiger partial charge in [0.05, 0.1) is 23.4 Å². The normalized spacial score (nSPS) is 10.5. The van der Waals surface area contributed by atoms with Crippen LogP contribution >= 0.6 is 11.6 Å². The molecule has 0 aliphatic heterocycles. The fourth-order valence-corrected chi connectivity index (χ4v) is 2.20. The van der Waals surface area contributed by atoms with E-state index in [0.717, 1.165) is 6.54 Å². The quantitative estimate of drug-likeness (QED) is 0.712. The minimum atomic E-state index is -0.478. The van der Waals surface area contributed by atoms with Gasteiger partial charge in [0, 0.05) is 19.2 Å². The number of methoxy groups -OCH3 is 1. The zero-order valence-corrected chi connectivity index (χ0v) is 15.5. The molecule has 138 valence electrons. The number of nitrogens with one attached hydrogen (secondary N) is 2. The summed E-state index contributed by atoms with van der Waals surface area (Å²) in [6, 6.07) is 6.19. The summed E-state index contributed by atoms with van der Waals surface area (Å²) >= 11 is 6.15. The van der Waals surface area contributed by atoms with E-state index in [1.165, 1.54) is 19.5 Å². The summed E-state index contributed by atoms with van der Waals surface area (Å²) in [7, 11) is 5.14. The third-order valence-electron chi connectivity index (χ3n) is 3.39. The molecule has 0 fully saturated rings. The van der Waals surface area contributed by atoms with Crippen molar-refractivity contribution in [2.75, 3.05) is 39.6 Å². The molecular weight excluding hydrogens is 358 g/mol. The summed E-state index contributed by atoms with van der Waals surface area (Å²) in [6.45, 7) is 1.23. The standard InChI is InChI=1S/C17H20ClN5O3/c1-23(2)7-6-19-16(24)14-9-15(21-10-20-14)22-13-8-11(17(25)26-3)4-5-12(13)18/h4-5,8-10H,6-7H2,1-3H3,(H,19,24)(H,20,21,22). The van der Waals surface area contributed by atoms with Crippen LogP contribution in [0.5, 0.6) is 0 Å². The van der Waals surface area contributed by atoms with E-state index < -0.39 is 5.97 Å². The number of amides is 1. The third-order valence-corrected chi connectivity index (χ3v) is 3.72. The largest absolute Gasteiger partial charge is 0.465 e. The van der Waals surface area contributed by atoms with Crippen molar-refractivity contribution in [2.24, 2.45) is 0 Å². The number of anilines is 2. The lowest BCUT2D eigenvalue weighted by Gasteiger charge is -2.11. The second-order valence-electron chi connectivity index (χ2n) is 5.66. The van der Waals surface area contributed by atoms with Crippen LogP contribution in [0.2, 0.25) is 5.02 Å². The van der Waals surface area contributed by atoms with Crippen molar-refractivity contribution in [3.05, 3.63) is 46.9 Å². The SMILES string of the molecule is COC(=O)c1ccc(Cl)c(Nc2cc(C(=O)NCCN(C)C)ncn2)c1. The summed E-state index contributed by atoms with van der Waals surface area (Å²) in [6.07, 6.45) is 1.28. The molecule has 0 aliphatic carbocycles. The van der Waals surface area contributed by atoms with Gasteiger partial charge in [-0.15, -0.1) is 0 Å². The van der Waals surface area contributed by atoms with Crippen LogP contribution in [0.3, 0.4) is 0 Å². The molecule has 1 aromatic carbocycles. The van der Waals surface area contributed by atoms with Gasteiger partial charge in [-0.05, 0) is 32.3 Å². The van der Waals surface area contributed by atoms with Gasteiger partial charge in [0.25, 0.3) is 5.91 Å². The smallest absolute Gasteiger partial charge is 0.337 e. The van der Waals surface area contributed by atoms with Crippen molar-refractivity contribution in [3.8, 4) is 0 Å². The fourth-order valence-electron chi connectivity index (χ4n) is 2.04. The molecule has 0 atom stereocenters. The zero-order valence-electron chi connectivity index (χ0n) is 14.7. The number of ether oxygens (including phenoxy) is 1. The lowest BCUT2D eigenvalue weighted by Crippen LogP contribution is -2.31. The van der Waals surface area contributed by atoms with Gasteiger partial charge >= 0.3 is 5.97 Å². The van der Waals surface area contributed by atoms with Crippen LogP contribution in [0, 0.1) is 0 Å². The van der Waals surface area contributed by atoms with Crippen LogP contribution in [-0.2, 0) is 4.74 Å². The molecule has 26 heavy (non-hydrogen) atoms. The number of rotatable bonds is 7. The number of carbonyl (C=O) groups excluding carboxylic acids is 2. The topological polar surface area (TPSA) is 96.4 Å². The minimum Gasteiger partial charge on any atom is -0.465 e. The molecule has 0 unspecified atom stereocenters. The van der Waals surface area contributed by atoms with E-state index in [4.69, 9.17) is 16.3 Å².